The lowest BCUT2D eigenvalue weighted by atomic mass is 9.99. The van der Waals surface area contributed by atoms with E-state index in [4.69, 9.17) is 13.9 Å². The monoisotopic (exact) mass is 501 g/mol. The van der Waals surface area contributed by atoms with Gasteiger partial charge in [0, 0.05) is 23.8 Å². The molecule has 190 valence electrons. The van der Waals surface area contributed by atoms with Gasteiger partial charge in [-0.2, -0.15) is 0 Å². The number of nitrogens with one attached hydrogen (secondary N) is 1. The number of ether oxygens (including phenoxy) is 2. The molecule has 0 fully saturated rings. The van der Waals surface area contributed by atoms with Crippen LogP contribution in [0.15, 0.2) is 88.1 Å². The first kappa shape index (κ1) is 25.5. The summed E-state index contributed by atoms with van der Waals surface area (Å²) in [4.78, 5) is 38.1. The average Bonchev–Trinajstić information content (AvgIpc) is 2.90. The predicted octanol–water partition coefficient (Wildman–Crippen LogP) is 5.41. The zero-order chi connectivity index (χ0) is 26.4. The maximum atomic E-state index is 13.1. The Balaban J connectivity index is 1.54. The van der Waals surface area contributed by atoms with Gasteiger partial charge in [-0.3, -0.25) is 4.79 Å². The number of carbonyl (C=O) groups excluding carboxylic acids is 2. The zero-order valence-electron chi connectivity index (χ0n) is 20.5. The van der Waals surface area contributed by atoms with Gasteiger partial charge in [0.25, 0.3) is 0 Å². The highest BCUT2D eigenvalue weighted by Crippen LogP contribution is 2.31. The van der Waals surface area contributed by atoms with Gasteiger partial charge in [-0.05, 0) is 11.5 Å². The van der Waals surface area contributed by atoms with Crippen LogP contribution in [0.4, 0.5) is 4.79 Å². The largest absolute Gasteiger partial charge is 0.507 e. The number of carbonyl (C=O) groups is 2. The third-order valence-corrected chi connectivity index (χ3v) is 6.01. The molecule has 0 spiro atoms. The molecule has 4 aromatic rings. The Labute approximate surface area is 213 Å². The fourth-order valence-corrected chi connectivity index (χ4v) is 3.79. The Morgan fingerprint density at radius 2 is 1.68 bits per heavy atom. The second-order valence-corrected chi connectivity index (χ2v) is 8.65. The van der Waals surface area contributed by atoms with Crippen LogP contribution in [0.25, 0.3) is 22.3 Å². The van der Waals surface area contributed by atoms with E-state index in [1.807, 2.05) is 55.5 Å². The molecule has 8 nitrogen and oxygen atoms in total. The Bertz CT molecular complexity index is 1450. The van der Waals surface area contributed by atoms with Crippen molar-refractivity contribution < 1.29 is 28.6 Å². The van der Waals surface area contributed by atoms with Gasteiger partial charge in [-0.25, -0.2) is 9.59 Å². The maximum Gasteiger partial charge on any atom is 0.408 e. The number of esters is 1. The normalized spacial score (nSPS) is 12.5. The number of rotatable bonds is 8. The summed E-state index contributed by atoms with van der Waals surface area (Å²) in [5.74, 6) is -1.12. The standard InChI is InChI=1S/C29H27NO7/c1-3-18(2)27(30-29(34)35-17-19-10-6-4-7-11-19)28(33)36-21-14-22(31)26-23(32)16-24(37-25(26)15-21)20-12-8-5-9-13-20/h4-16,18,27,31H,3,17H2,1-2H3,(H,30,34)/t18-,27+/m0/s1. The molecule has 1 heterocycles. The van der Waals surface area contributed by atoms with E-state index in [2.05, 4.69) is 5.32 Å². The predicted molar refractivity (Wildman–Crippen MR) is 138 cm³/mol. The van der Waals surface area contributed by atoms with Gasteiger partial charge in [0.15, 0.2) is 5.43 Å². The van der Waals surface area contributed by atoms with Crippen LogP contribution in [-0.4, -0.2) is 23.2 Å². The molecule has 8 heteroatoms. The van der Waals surface area contributed by atoms with Gasteiger partial charge in [-0.15, -0.1) is 0 Å². The Morgan fingerprint density at radius 3 is 2.35 bits per heavy atom. The molecule has 37 heavy (non-hydrogen) atoms. The molecule has 2 N–H and O–H groups in total. The second-order valence-electron chi connectivity index (χ2n) is 8.65. The van der Waals surface area contributed by atoms with Gasteiger partial charge in [0.1, 0.15) is 40.9 Å². The lowest BCUT2D eigenvalue weighted by Crippen LogP contribution is -2.47. The molecule has 0 saturated carbocycles. The number of amides is 1. The van der Waals surface area contributed by atoms with E-state index >= 15 is 0 Å². The highest BCUT2D eigenvalue weighted by molar-refractivity contribution is 5.88. The van der Waals surface area contributed by atoms with Crippen LogP contribution in [0.2, 0.25) is 0 Å². The topological polar surface area (TPSA) is 115 Å². The van der Waals surface area contributed by atoms with Gasteiger partial charge >= 0.3 is 12.1 Å². The van der Waals surface area contributed by atoms with Crippen LogP contribution in [0.5, 0.6) is 11.5 Å². The Morgan fingerprint density at radius 1 is 1.00 bits per heavy atom. The smallest absolute Gasteiger partial charge is 0.408 e. The molecule has 2 atom stereocenters. The number of phenols is 1. The number of benzene rings is 3. The minimum absolute atomic E-state index is 0.0272. The minimum atomic E-state index is -1.01. The number of hydrogen-bond donors (Lipinski definition) is 2. The van der Waals surface area contributed by atoms with Crippen LogP contribution in [0.3, 0.4) is 0 Å². The van der Waals surface area contributed by atoms with E-state index in [1.165, 1.54) is 18.2 Å². The van der Waals surface area contributed by atoms with Crippen molar-refractivity contribution >= 4 is 23.0 Å². The van der Waals surface area contributed by atoms with E-state index in [0.717, 1.165) is 5.56 Å². The number of hydrogen-bond acceptors (Lipinski definition) is 7. The van der Waals surface area contributed by atoms with Gasteiger partial charge in [-0.1, -0.05) is 80.9 Å². The van der Waals surface area contributed by atoms with Crippen molar-refractivity contribution in [2.75, 3.05) is 0 Å². The molecule has 0 aliphatic carbocycles. The van der Waals surface area contributed by atoms with E-state index in [1.54, 1.807) is 19.1 Å². The molecule has 0 bridgehead atoms. The van der Waals surface area contributed by atoms with Crippen molar-refractivity contribution in [2.45, 2.75) is 32.9 Å². The van der Waals surface area contributed by atoms with E-state index in [9.17, 15) is 19.5 Å². The molecule has 1 amide bonds. The minimum Gasteiger partial charge on any atom is -0.507 e. The number of fused-ring (bicyclic) bond motifs is 1. The van der Waals surface area contributed by atoms with Crippen molar-refractivity contribution in [1.29, 1.82) is 0 Å². The van der Waals surface area contributed by atoms with Gasteiger partial charge < -0.3 is 24.3 Å². The van der Waals surface area contributed by atoms with Gasteiger partial charge in [0.2, 0.25) is 0 Å². The molecule has 0 aliphatic heterocycles. The van der Waals surface area contributed by atoms with Crippen LogP contribution < -0.4 is 15.5 Å². The van der Waals surface area contributed by atoms with Crippen LogP contribution in [0, 0.1) is 5.92 Å². The maximum absolute atomic E-state index is 13.1. The summed E-state index contributed by atoms with van der Waals surface area (Å²) in [7, 11) is 0. The van der Waals surface area contributed by atoms with Crippen molar-refractivity contribution in [2.24, 2.45) is 5.92 Å². The fraction of sp³-hybridized carbons (Fsp3) is 0.207. The van der Waals surface area contributed by atoms with Crippen molar-refractivity contribution in [1.82, 2.24) is 5.32 Å². The molecule has 4 rings (SSSR count). The summed E-state index contributed by atoms with van der Waals surface area (Å²) >= 11 is 0. The fourth-order valence-electron chi connectivity index (χ4n) is 3.79. The first-order valence-corrected chi connectivity index (χ1v) is 11.9. The van der Waals surface area contributed by atoms with Crippen LogP contribution >= 0.6 is 0 Å². The highest BCUT2D eigenvalue weighted by atomic mass is 16.6. The number of aromatic hydroxyl groups is 1. The van der Waals surface area contributed by atoms with Crippen molar-refractivity contribution in [3.63, 3.8) is 0 Å². The summed E-state index contributed by atoms with van der Waals surface area (Å²) in [5, 5.41) is 13.0. The lowest BCUT2D eigenvalue weighted by molar-refractivity contribution is -0.138. The SMILES string of the molecule is CC[C@H](C)[C@@H](NC(=O)OCc1ccccc1)C(=O)Oc1cc(O)c2c(=O)cc(-c3ccccc3)oc2c1. The summed E-state index contributed by atoms with van der Waals surface area (Å²) < 4.78 is 16.6. The molecular formula is C29H27NO7. The molecule has 0 saturated heterocycles. The highest BCUT2D eigenvalue weighted by Gasteiger charge is 2.29. The second kappa shape index (κ2) is 11.4. The van der Waals surface area contributed by atoms with Gasteiger partial charge in [0.05, 0.1) is 0 Å². The van der Waals surface area contributed by atoms with E-state index in [-0.39, 0.29) is 35.0 Å². The number of phenolic OH excluding ortho intramolecular Hbond substituents is 1. The zero-order valence-corrected chi connectivity index (χ0v) is 20.5. The quantitative estimate of drug-likeness (QED) is 0.245. The molecular weight excluding hydrogens is 474 g/mol. The van der Waals surface area contributed by atoms with E-state index in [0.29, 0.717) is 17.7 Å². The number of alkyl carbamates (subject to hydrolysis) is 1. The summed E-state index contributed by atoms with van der Waals surface area (Å²) in [5.41, 5.74) is 1.11. The molecule has 0 aliphatic rings. The third kappa shape index (κ3) is 6.16. The summed E-state index contributed by atoms with van der Waals surface area (Å²) in [6.45, 7) is 3.73. The molecule has 1 aromatic heterocycles. The Hall–Kier alpha value is -4.59. The summed E-state index contributed by atoms with van der Waals surface area (Å²) in [6.07, 6.45) is -0.178. The Kier molecular flexibility index (Phi) is 7.88. The first-order chi connectivity index (χ1) is 17.9. The third-order valence-electron chi connectivity index (χ3n) is 6.01. The average molecular weight is 502 g/mol. The van der Waals surface area contributed by atoms with Crippen LogP contribution in [-0.2, 0) is 16.1 Å². The molecule has 0 radical (unpaired) electrons. The van der Waals surface area contributed by atoms with E-state index < -0.39 is 23.5 Å². The molecule has 3 aromatic carbocycles. The summed E-state index contributed by atoms with van der Waals surface area (Å²) in [6, 6.07) is 21.0. The lowest BCUT2D eigenvalue weighted by Gasteiger charge is -2.22. The van der Waals surface area contributed by atoms with Crippen molar-refractivity contribution in [3.05, 3.63) is 94.6 Å². The van der Waals surface area contributed by atoms with Crippen LogP contribution in [0.1, 0.15) is 25.8 Å². The first-order valence-electron chi connectivity index (χ1n) is 11.9. The molecule has 0 unspecified atom stereocenters. The van der Waals surface area contributed by atoms with Crippen molar-refractivity contribution in [3.8, 4) is 22.8 Å².